The van der Waals surface area contributed by atoms with Gasteiger partial charge in [0.1, 0.15) is 0 Å². The normalized spacial score (nSPS) is 26.1. The Balaban J connectivity index is 2.14. The van der Waals surface area contributed by atoms with Gasteiger partial charge in [0.15, 0.2) is 0 Å². The van der Waals surface area contributed by atoms with Crippen molar-refractivity contribution in [2.45, 2.75) is 46.1 Å². The molecule has 110 valence electrons. The van der Waals surface area contributed by atoms with E-state index in [-0.39, 0.29) is 5.97 Å². The van der Waals surface area contributed by atoms with E-state index < -0.39 is 0 Å². The molecule has 0 spiro atoms. The van der Waals surface area contributed by atoms with Gasteiger partial charge < -0.3 is 10.1 Å². The number of ether oxygens (including phenoxy) is 1. The van der Waals surface area contributed by atoms with Gasteiger partial charge in [-0.1, -0.05) is 19.9 Å². The number of benzene rings is 1. The lowest BCUT2D eigenvalue weighted by atomic mass is 9.79. The van der Waals surface area contributed by atoms with Gasteiger partial charge in [-0.05, 0) is 55.7 Å². The highest BCUT2D eigenvalue weighted by Crippen LogP contribution is 2.31. The molecule has 3 unspecified atom stereocenters. The van der Waals surface area contributed by atoms with E-state index in [1.54, 1.807) is 0 Å². The van der Waals surface area contributed by atoms with Crippen molar-refractivity contribution in [3.05, 3.63) is 29.3 Å². The molecule has 0 heterocycles. The average Bonchev–Trinajstić information content (AvgIpc) is 2.43. The molecule has 1 aromatic rings. The Morgan fingerprint density at radius 3 is 2.70 bits per heavy atom. The maximum absolute atomic E-state index is 11.6. The first-order valence-electron chi connectivity index (χ1n) is 7.46. The highest BCUT2D eigenvalue weighted by molar-refractivity contribution is 5.90. The minimum Gasteiger partial charge on any atom is -0.465 e. The predicted octanol–water partition coefficient (Wildman–Crippen LogP) is 4.02. The topological polar surface area (TPSA) is 38.3 Å². The second kappa shape index (κ2) is 6.29. The Morgan fingerprint density at radius 1 is 1.30 bits per heavy atom. The van der Waals surface area contributed by atoms with E-state index in [1.807, 2.05) is 18.2 Å². The lowest BCUT2D eigenvalue weighted by Gasteiger charge is -2.34. The van der Waals surface area contributed by atoms with E-state index in [9.17, 15) is 4.79 Å². The summed E-state index contributed by atoms with van der Waals surface area (Å²) in [7, 11) is 1.42. The number of hydrogen-bond acceptors (Lipinski definition) is 3. The third-order valence-corrected chi connectivity index (χ3v) is 4.43. The molecule has 3 atom stereocenters. The van der Waals surface area contributed by atoms with Crippen molar-refractivity contribution in [3.8, 4) is 0 Å². The number of nitrogens with one attached hydrogen (secondary N) is 1. The summed E-state index contributed by atoms with van der Waals surface area (Å²) in [6.45, 7) is 6.71. The van der Waals surface area contributed by atoms with Gasteiger partial charge in [0.2, 0.25) is 0 Å². The number of aryl methyl sites for hydroxylation is 1. The molecule has 1 fully saturated rings. The van der Waals surface area contributed by atoms with Crippen LogP contribution in [0.25, 0.3) is 0 Å². The Morgan fingerprint density at radius 2 is 2.05 bits per heavy atom. The molecular weight excluding hydrogens is 250 g/mol. The summed E-state index contributed by atoms with van der Waals surface area (Å²) in [4.78, 5) is 11.6. The van der Waals surface area contributed by atoms with Gasteiger partial charge in [0.05, 0.1) is 12.7 Å². The molecule has 1 aromatic carbocycles. The summed E-state index contributed by atoms with van der Waals surface area (Å²) in [6, 6.07) is 6.20. The molecule has 20 heavy (non-hydrogen) atoms. The number of carbonyl (C=O) groups excluding carboxylic acids is 1. The first kappa shape index (κ1) is 14.9. The third kappa shape index (κ3) is 3.33. The van der Waals surface area contributed by atoms with Crippen molar-refractivity contribution in [2.75, 3.05) is 12.4 Å². The summed E-state index contributed by atoms with van der Waals surface area (Å²) in [6.07, 6.45) is 3.75. The molecule has 1 aliphatic rings. The Hall–Kier alpha value is -1.51. The van der Waals surface area contributed by atoms with Crippen LogP contribution in [-0.4, -0.2) is 19.1 Å². The molecule has 0 amide bonds. The van der Waals surface area contributed by atoms with Crippen molar-refractivity contribution in [1.29, 1.82) is 0 Å². The number of rotatable bonds is 3. The van der Waals surface area contributed by atoms with Gasteiger partial charge in [-0.25, -0.2) is 4.79 Å². The fourth-order valence-corrected chi connectivity index (χ4v) is 3.10. The van der Waals surface area contributed by atoms with Crippen LogP contribution in [0.4, 0.5) is 5.69 Å². The van der Waals surface area contributed by atoms with Gasteiger partial charge in [-0.15, -0.1) is 0 Å². The maximum atomic E-state index is 11.6. The first-order chi connectivity index (χ1) is 9.51. The minimum absolute atomic E-state index is 0.279. The zero-order chi connectivity index (χ0) is 14.7. The van der Waals surface area contributed by atoms with E-state index in [0.29, 0.717) is 17.5 Å². The van der Waals surface area contributed by atoms with Crippen LogP contribution in [0.1, 0.15) is 49.0 Å². The Labute approximate surface area is 121 Å². The highest BCUT2D eigenvalue weighted by atomic mass is 16.5. The van der Waals surface area contributed by atoms with Crippen molar-refractivity contribution >= 4 is 11.7 Å². The fraction of sp³-hybridized carbons (Fsp3) is 0.588. The zero-order valence-electron chi connectivity index (χ0n) is 12.9. The van der Waals surface area contributed by atoms with E-state index in [0.717, 1.165) is 11.6 Å². The molecule has 3 heteroatoms. The summed E-state index contributed by atoms with van der Waals surface area (Å²) in [5.74, 6) is 1.21. The summed E-state index contributed by atoms with van der Waals surface area (Å²) < 4.78 is 4.79. The second-order valence-electron chi connectivity index (χ2n) is 6.17. The molecule has 1 N–H and O–H groups in total. The van der Waals surface area contributed by atoms with Crippen LogP contribution < -0.4 is 5.32 Å². The second-order valence-corrected chi connectivity index (χ2v) is 6.17. The monoisotopic (exact) mass is 275 g/mol. The van der Waals surface area contributed by atoms with E-state index in [1.165, 1.54) is 31.9 Å². The lowest BCUT2D eigenvalue weighted by molar-refractivity contribution is 0.0601. The van der Waals surface area contributed by atoms with Gasteiger partial charge in [0, 0.05) is 11.7 Å². The van der Waals surface area contributed by atoms with E-state index in [4.69, 9.17) is 4.74 Å². The van der Waals surface area contributed by atoms with Crippen LogP contribution in [0.5, 0.6) is 0 Å². The summed E-state index contributed by atoms with van der Waals surface area (Å²) in [5.41, 5.74) is 2.83. The smallest absolute Gasteiger partial charge is 0.337 e. The Kier molecular flexibility index (Phi) is 4.69. The van der Waals surface area contributed by atoms with Gasteiger partial charge >= 0.3 is 5.97 Å². The zero-order valence-corrected chi connectivity index (χ0v) is 12.9. The van der Waals surface area contributed by atoms with Crippen molar-refractivity contribution in [3.63, 3.8) is 0 Å². The standard InChI is InChI=1S/C17H25NO2/c1-11-5-8-15(13(3)9-11)18-16-10-14(17(19)20-4)7-6-12(16)2/h6-7,10-11,13,15,18H,5,8-9H2,1-4H3. The Bertz CT molecular complexity index is 484. The van der Waals surface area contributed by atoms with Gasteiger partial charge in [-0.3, -0.25) is 0 Å². The maximum Gasteiger partial charge on any atom is 0.337 e. The van der Waals surface area contributed by atoms with Crippen LogP contribution in [0.15, 0.2) is 18.2 Å². The molecule has 0 aliphatic heterocycles. The van der Waals surface area contributed by atoms with Crippen LogP contribution in [0.3, 0.4) is 0 Å². The molecule has 0 aromatic heterocycles. The quantitative estimate of drug-likeness (QED) is 0.847. The van der Waals surface area contributed by atoms with Crippen molar-refractivity contribution in [1.82, 2.24) is 0 Å². The number of esters is 1. The molecule has 0 saturated heterocycles. The lowest BCUT2D eigenvalue weighted by Crippen LogP contribution is -2.33. The molecular formula is C17H25NO2. The third-order valence-electron chi connectivity index (χ3n) is 4.43. The largest absolute Gasteiger partial charge is 0.465 e. The molecule has 0 bridgehead atoms. The number of anilines is 1. The highest BCUT2D eigenvalue weighted by Gasteiger charge is 2.25. The molecule has 3 nitrogen and oxygen atoms in total. The van der Waals surface area contributed by atoms with Crippen LogP contribution in [0, 0.1) is 18.8 Å². The molecule has 2 rings (SSSR count). The van der Waals surface area contributed by atoms with E-state index in [2.05, 4.69) is 26.1 Å². The van der Waals surface area contributed by atoms with Crippen LogP contribution in [0.2, 0.25) is 0 Å². The van der Waals surface area contributed by atoms with Crippen LogP contribution >= 0.6 is 0 Å². The summed E-state index contributed by atoms with van der Waals surface area (Å²) >= 11 is 0. The predicted molar refractivity (Wildman–Crippen MR) is 82.1 cm³/mol. The van der Waals surface area contributed by atoms with Gasteiger partial charge in [-0.2, -0.15) is 0 Å². The number of carbonyl (C=O) groups is 1. The minimum atomic E-state index is -0.279. The van der Waals surface area contributed by atoms with Crippen LogP contribution in [-0.2, 0) is 4.74 Å². The first-order valence-corrected chi connectivity index (χ1v) is 7.46. The van der Waals surface area contributed by atoms with Gasteiger partial charge in [0.25, 0.3) is 0 Å². The SMILES string of the molecule is COC(=O)c1ccc(C)c(NC2CCC(C)CC2C)c1. The molecule has 0 radical (unpaired) electrons. The number of hydrogen-bond donors (Lipinski definition) is 1. The summed E-state index contributed by atoms with van der Waals surface area (Å²) in [5, 5.41) is 3.63. The average molecular weight is 275 g/mol. The van der Waals surface area contributed by atoms with E-state index >= 15 is 0 Å². The molecule has 1 aliphatic carbocycles. The number of methoxy groups -OCH3 is 1. The molecule has 1 saturated carbocycles. The van der Waals surface area contributed by atoms with Crippen molar-refractivity contribution in [2.24, 2.45) is 11.8 Å². The fourth-order valence-electron chi connectivity index (χ4n) is 3.10. The van der Waals surface area contributed by atoms with Crippen molar-refractivity contribution < 1.29 is 9.53 Å².